The largest absolute Gasteiger partial charge is 0.478 e. The molecule has 138 valence electrons. The number of hydrogen-bond acceptors (Lipinski definition) is 5. The van der Waals surface area contributed by atoms with Crippen molar-refractivity contribution in [1.29, 1.82) is 0 Å². The highest BCUT2D eigenvalue weighted by Gasteiger charge is 2.13. The summed E-state index contributed by atoms with van der Waals surface area (Å²) >= 11 is 0. The Morgan fingerprint density at radius 1 is 0.963 bits per heavy atom. The maximum atomic E-state index is 11.3. The van der Waals surface area contributed by atoms with Gasteiger partial charge in [0.1, 0.15) is 5.82 Å². The molecule has 3 rings (SSSR count). The topological polar surface area (TPSA) is 87.1 Å². The molecular formula is C21H22N4O2. The van der Waals surface area contributed by atoms with Crippen molar-refractivity contribution in [3.8, 4) is 0 Å². The molecular weight excluding hydrogens is 340 g/mol. The molecule has 0 saturated heterocycles. The van der Waals surface area contributed by atoms with Crippen LogP contribution in [-0.4, -0.2) is 21.0 Å². The molecule has 0 aliphatic carbocycles. The zero-order chi connectivity index (χ0) is 19.4. The van der Waals surface area contributed by atoms with Crippen molar-refractivity contribution < 1.29 is 9.90 Å². The van der Waals surface area contributed by atoms with E-state index in [0.29, 0.717) is 17.5 Å². The molecule has 1 aromatic heterocycles. The third-order valence-electron chi connectivity index (χ3n) is 4.08. The van der Waals surface area contributed by atoms with Crippen LogP contribution in [0.15, 0.2) is 60.8 Å². The Morgan fingerprint density at radius 2 is 1.67 bits per heavy atom. The molecule has 3 N–H and O–H groups in total. The predicted octanol–water partition coefficient (Wildman–Crippen LogP) is 4.96. The number of aromatic carboxylic acids is 1. The van der Waals surface area contributed by atoms with Gasteiger partial charge in [-0.2, -0.15) is 4.98 Å². The molecule has 0 unspecified atom stereocenters. The van der Waals surface area contributed by atoms with Gasteiger partial charge in [-0.05, 0) is 41.3 Å². The fourth-order valence-electron chi connectivity index (χ4n) is 2.59. The second kappa shape index (κ2) is 7.45. The predicted molar refractivity (Wildman–Crippen MR) is 107 cm³/mol. The van der Waals surface area contributed by atoms with E-state index in [1.165, 1.54) is 5.56 Å². The van der Waals surface area contributed by atoms with Gasteiger partial charge in [0.25, 0.3) is 0 Å². The number of carbonyl (C=O) groups is 1. The van der Waals surface area contributed by atoms with Gasteiger partial charge in [-0.1, -0.05) is 45.0 Å². The lowest BCUT2D eigenvalue weighted by Crippen LogP contribution is -2.10. The Kier molecular flexibility index (Phi) is 5.07. The van der Waals surface area contributed by atoms with Gasteiger partial charge in [-0.15, -0.1) is 0 Å². The third kappa shape index (κ3) is 4.61. The lowest BCUT2D eigenvalue weighted by Gasteiger charge is -2.19. The van der Waals surface area contributed by atoms with E-state index in [9.17, 15) is 9.90 Å². The SMILES string of the molecule is CC(C)(C)c1ccc(Nc2nccc(Nc3ccccc3C(=O)O)n2)cc1. The number of carboxylic acids is 1. The van der Waals surface area contributed by atoms with Crippen LogP contribution in [0.3, 0.4) is 0 Å². The van der Waals surface area contributed by atoms with Gasteiger partial charge >= 0.3 is 5.97 Å². The molecule has 0 radical (unpaired) electrons. The van der Waals surface area contributed by atoms with Crippen LogP contribution in [0, 0.1) is 0 Å². The summed E-state index contributed by atoms with van der Waals surface area (Å²) in [7, 11) is 0. The molecule has 0 aliphatic rings. The van der Waals surface area contributed by atoms with E-state index >= 15 is 0 Å². The fraction of sp³-hybridized carbons (Fsp3) is 0.190. The lowest BCUT2D eigenvalue weighted by molar-refractivity contribution is 0.0698. The first-order chi connectivity index (χ1) is 12.8. The van der Waals surface area contributed by atoms with E-state index in [1.807, 2.05) is 12.1 Å². The Balaban J connectivity index is 1.77. The highest BCUT2D eigenvalue weighted by molar-refractivity contribution is 5.95. The maximum absolute atomic E-state index is 11.3. The molecule has 6 nitrogen and oxygen atoms in total. The number of benzene rings is 2. The molecule has 3 aromatic rings. The van der Waals surface area contributed by atoms with Gasteiger partial charge in [-0.3, -0.25) is 0 Å². The summed E-state index contributed by atoms with van der Waals surface area (Å²) in [5.41, 5.74) is 2.88. The number of anilines is 4. The number of rotatable bonds is 5. The molecule has 2 aromatic carbocycles. The Hall–Kier alpha value is -3.41. The first kappa shape index (κ1) is 18.4. The van der Waals surface area contributed by atoms with E-state index < -0.39 is 5.97 Å². The monoisotopic (exact) mass is 362 g/mol. The molecule has 0 bridgehead atoms. The van der Waals surface area contributed by atoms with Crippen molar-refractivity contribution in [3.05, 3.63) is 71.9 Å². The minimum absolute atomic E-state index is 0.0936. The van der Waals surface area contributed by atoms with Gasteiger partial charge in [0, 0.05) is 11.9 Å². The second-order valence-corrected chi connectivity index (χ2v) is 7.19. The van der Waals surface area contributed by atoms with Crippen molar-refractivity contribution in [2.75, 3.05) is 10.6 Å². The number of nitrogens with one attached hydrogen (secondary N) is 2. The van der Waals surface area contributed by atoms with E-state index in [-0.39, 0.29) is 11.0 Å². The molecule has 6 heteroatoms. The van der Waals surface area contributed by atoms with Crippen molar-refractivity contribution in [1.82, 2.24) is 9.97 Å². The molecule has 0 spiro atoms. The lowest BCUT2D eigenvalue weighted by atomic mass is 9.87. The van der Waals surface area contributed by atoms with Gasteiger partial charge in [0.05, 0.1) is 11.3 Å². The summed E-state index contributed by atoms with van der Waals surface area (Å²) in [6, 6.07) is 16.5. The summed E-state index contributed by atoms with van der Waals surface area (Å²) in [4.78, 5) is 20.0. The van der Waals surface area contributed by atoms with Gasteiger partial charge in [0.2, 0.25) is 5.95 Å². The van der Waals surface area contributed by atoms with Crippen LogP contribution in [0.5, 0.6) is 0 Å². The minimum atomic E-state index is -0.996. The standard InChI is InChI=1S/C21H22N4O2/c1-21(2,3)14-8-10-15(11-9-14)23-20-22-13-12-18(25-20)24-17-7-5-4-6-16(17)19(26)27/h4-13H,1-3H3,(H,26,27)(H2,22,23,24,25). The number of carboxylic acid groups (broad SMARTS) is 1. The number of hydrogen-bond donors (Lipinski definition) is 3. The Labute approximate surface area is 158 Å². The maximum Gasteiger partial charge on any atom is 0.337 e. The number of nitrogens with zero attached hydrogens (tertiary/aromatic N) is 2. The van der Waals surface area contributed by atoms with E-state index in [2.05, 4.69) is 53.5 Å². The molecule has 0 fully saturated rings. The van der Waals surface area contributed by atoms with E-state index in [1.54, 1.807) is 36.5 Å². The summed E-state index contributed by atoms with van der Waals surface area (Å²) in [5.74, 6) is -0.0618. The van der Waals surface area contributed by atoms with Gasteiger partial charge in [0.15, 0.2) is 0 Å². The highest BCUT2D eigenvalue weighted by atomic mass is 16.4. The first-order valence-corrected chi connectivity index (χ1v) is 8.63. The molecule has 0 amide bonds. The van der Waals surface area contributed by atoms with Crippen molar-refractivity contribution in [3.63, 3.8) is 0 Å². The van der Waals surface area contributed by atoms with Crippen molar-refractivity contribution in [2.24, 2.45) is 0 Å². The van der Waals surface area contributed by atoms with Crippen LogP contribution in [0.1, 0.15) is 36.7 Å². The second-order valence-electron chi connectivity index (χ2n) is 7.19. The van der Waals surface area contributed by atoms with E-state index in [4.69, 9.17) is 0 Å². The van der Waals surface area contributed by atoms with E-state index in [0.717, 1.165) is 5.69 Å². The Bertz CT molecular complexity index is 947. The average Bonchev–Trinajstić information content (AvgIpc) is 2.62. The van der Waals surface area contributed by atoms with Crippen LogP contribution in [-0.2, 0) is 5.41 Å². The quantitative estimate of drug-likeness (QED) is 0.595. The molecule has 0 aliphatic heterocycles. The van der Waals surface area contributed by atoms with Crippen LogP contribution in [0.4, 0.5) is 23.1 Å². The summed E-state index contributed by atoms with van der Waals surface area (Å²) in [6.07, 6.45) is 1.62. The van der Waals surface area contributed by atoms with Crippen LogP contribution >= 0.6 is 0 Å². The number of aromatic nitrogens is 2. The molecule has 0 atom stereocenters. The van der Waals surface area contributed by atoms with Crippen LogP contribution < -0.4 is 10.6 Å². The normalized spacial score (nSPS) is 11.1. The number of para-hydroxylation sites is 1. The summed E-state index contributed by atoms with van der Waals surface area (Å²) in [5, 5.41) is 15.5. The van der Waals surface area contributed by atoms with Gasteiger partial charge in [-0.25, -0.2) is 9.78 Å². The van der Waals surface area contributed by atoms with Crippen molar-refractivity contribution >= 4 is 29.1 Å². The average molecular weight is 362 g/mol. The zero-order valence-electron chi connectivity index (χ0n) is 15.5. The smallest absolute Gasteiger partial charge is 0.337 e. The molecule has 27 heavy (non-hydrogen) atoms. The first-order valence-electron chi connectivity index (χ1n) is 8.63. The third-order valence-corrected chi connectivity index (χ3v) is 4.08. The summed E-state index contributed by atoms with van der Waals surface area (Å²) in [6.45, 7) is 6.51. The fourth-order valence-corrected chi connectivity index (χ4v) is 2.59. The van der Waals surface area contributed by atoms with Crippen LogP contribution in [0.25, 0.3) is 0 Å². The van der Waals surface area contributed by atoms with Gasteiger partial charge < -0.3 is 15.7 Å². The van der Waals surface area contributed by atoms with Crippen LogP contribution in [0.2, 0.25) is 0 Å². The summed E-state index contributed by atoms with van der Waals surface area (Å²) < 4.78 is 0. The minimum Gasteiger partial charge on any atom is -0.478 e. The highest BCUT2D eigenvalue weighted by Crippen LogP contribution is 2.25. The molecule has 1 heterocycles. The Morgan fingerprint density at radius 3 is 2.33 bits per heavy atom. The molecule has 0 saturated carbocycles. The zero-order valence-corrected chi connectivity index (χ0v) is 15.5. The van der Waals surface area contributed by atoms with Crippen molar-refractivity contribution in [2.45, 2.75) is 26.2 Å².